The van der Waals surface area contributed by atoms with Gasteiger partial charge in [0.05, 0.1) is 5.25 Å². The van der Waals surface area contributed by atoms with Crippen LogP contribution in [-0.4, -0.2) is 32.9 Å². The molecule has 1 aromatic carbocycles. The number of carbonyl (C=O) groups is 1. The highest BCUT2D eigenvalue weighted by Gasteiger charge is 2.27. The van der Waals surface area contributed by atoms with E-state index in [1.54, 1.807) is 0 Å². The first-order valence-corrected chi connectivity index (χ1v) is 8.54. The number of benzene rings is 1. The normalized spacial score (nSPS) is 15.5. The third-order valence-electron chi connectivity index (χ3n) is 3.85. The monoisotopic (exact) mass is 316 g/mol. The molecule has 0 bridgehead atoms. The molecule has 1 aliphatic rings. The lowest BCUT2D eigenvalue weighted by Crippen LogP contribution is -2.40. The second kappa shape index (κ2) is 6.52. The molecule has 2 heterocycles. The van der Waals surface area contributed by atoms with Gasteiger partial charge in [-0.3, -0.25) is 9.89 Å². The van der Waals surface area contributed by atoms with E-state index in [1.807, 2.05) is 36.9 Å². The summed E-state index contributed by atoms with van der Waals surface area (Å²) in [7, 11) is 0. The molecule has 116 valence electrons. The van der Waals surface area contributed by atoms with Crippen LogP contribution in [0.15, 0.2) is 29.4 Å². The van der Waals surface area contributed by atoms with Gasteiger partial charge in [0.2, 0.25) is 11.1 Å². The van der Waals surface area contributed by atoms with Crippen LogP contribution >= 0.6 is 11.8 Å². The lowest BCUT2D eigenvalue weighted by atomic mass is 10.0. The van der Waals surface area contributed by atoms with Crippen molar-refractivity contribution in [3.05, 3.63) is 35.7 Å². The molecule has 0 saturated heterocycles. The molecule has 22 heavy (non-hydrogen) atoms. The summed E-state index contributed by atoms with van der Waals surface area (Å²) in [5.41, 5.74) is 2.31. The minimum atomic E-state index is -0.202. The van der Waals surface area contributed by atoms with Crippen LogP contribution in [0.1, 0.15) is 31.7 Å². The summed E-state index contributed by atoms with van der Waals surface area (Å²) in [6.07, 6.45) is 2.87. The van der Waals surface area contributed by atoms with Crippen molar-refractivity contribution in [2.24, 2.45) is 0 Å². The molecule has 0 aliphatic carbocycles. The summed E-state index contributed by atoms with van der Waals surface area (Å²) >= 11 is 1.41. The van der Waals surface area contributed by atoms with Crippen molar-refractivity contribution in [1.82, 2.24) is 15.2 Å². The van der Waals surface area contributed by atoms with Gasteiger partial charge in [-0.2, -0.15) is 0 Å². The maximum atomic E-state index is 12.8. The molecule has 0 spiro atoms. The van der Waals surface area contributed by atoms with Gasteiger partial charge in [0.25, 0.3) is 0 Å². The number of aromatic nitrogens is 3. The molecule has 0 saturated carbocycles. The second-order valence-corrected chi connectivity index (χ2v) is 6.71. The number of hydrogen-bond acceptors (Lipinski definition) is 4. The number of thioether (sulfide) groups is 1. The third kappa shape index (κ3) is 3.02. The molecule has 3 rings (SSSR count). The molecule has 1 amide bonds. The highest BCUT2D eigenvalue weighted by Crippen LogP contribution is 2.30. The van der Waals surface area contributed by atoms with E-state index in [4.69, 9.17) is 0 Å². The van der Waals surface area contributed by atoms with E-state index in [0.29, 0.717) is 5.16 Å². The number of aromatic amines is 1. The maximum absolute atomic E-state index is 12.8. The minimum Gasteiger partial charge on any atom is -0.311 e. The van der Waals surface area contributed by atoms with Crippen LogP contribution in [0, 0.1) is 0 Å². The zero-order valence-corrected chi connectivity index (χ0v) is 13.7. The number of amides is 1. The Balaban J connectivity index is 1.73. The van der Waals surface area contributed by atoms with E-state index in [1.165, 1.54) is 17.3 Å². The largest absolute Gasteiger partial charge is 0.311 e. The van der Waals surface area contributed by atoms with Gasteiger partial charge in [-0.15, -0.1) is 5.10 Å². The maximum Gasteiger partial charge on any atom is 0.240 e. The van der Waals surface area contributed by atoms with Crippen molar-refractivity contribution in [2.75, 3.05) is 11.4 Å². The fourth-order valence-electron chi connectivity index (χ4n) is 2.68. The summed E-state index contributed by atoms with van der Waals surface area (Å²) in [6.45, 7) is 4.73. The number of nitrogens with one attached hydrogen (secondary N) is 1. The highest BCUT2D eigenvalue weighted by atomic mass is 32.2. The van der Waals surface area contributed by atoms with Crippen LogP contribution in [0.5, 0.6) is 0 Å². The van der Waals surface area contributed by atoms with Crippen LogP contribution < -0.4 is 4.90 Å². The topological polar surface area (TPSA) is 61.9 Å². The molecular formula is C16H20N4OS. The SMILES string of the molecule is CCc1nc(SC(C)C(=O)N2CCCc3ccccc32)n[nH]1. The number of aryl methyl sites for hydroxylation is 2. The summed E-state index contributed by atoms with van der Waals surface area (Å²) in [5, 5.41) is 7.48. The molecule has 1 atom stereocenters. The van der Waals surface area contributed by atoms with E-state index >= 15 is 0 Å². The van der Waals surface area contributed by atoms with Crippen LogP contribution in [0.4, 0.5) is 5.69 Å². The van der Waals surface area contributed by atoms with Crippen LogP contribution in [0.2, 0.25) is 0 Å². The van der Waals surface area contributed by atoms with Crippen molar-refractivity contribution in [1.29, 1.82) is 0 Å². The van der Waals surface area contributed by atoms with Crippen molar-refractivity contribution in [2.45, 2.75) is 43.5 Å². The second-order valence-electron chi connectivity index (χ2n) is 5.40. The quantitative estimate of drug-likeness (QED) is 0.881. The van der Waals surface area contributed by atoms with Gasteiger partial charge in [0, 0.05) is 18.7 Å². The van der Waals surface area contributed by atoms with Gasteiger partial charge in [-0.1, -0.05) is 36.9 Å². The number of para-hydroxylation sites is 1. The first-order chi connectivity index (χ1) is 10.7. The van der Waals surface area contributed by atoms with Gasteiger partial charge in [0.15, 0.2) is 0 Å². The molecule has 0 fully saturated rings. The van der Waals surface area contributed by atoms with Crippen LogP contribution in [0.3, 0.4) is 0 Å². The standard InChI is InChI=1S/C16H20N4OS/c1-3-14-17-16(19-18-14)22-11(2)15(21)20-10-6-8-12-7-4-5-9-13(12)20/h4-5,7,9,11H,3,6,8,10H2,1-2H3,(H,17,18,19). The Morgan fingerprint density at radius 3 is 3.05 bits per heavy atom. The third-order valence-corrected chi connectivity index (χ3v) is 4.80. The molecule has 0 radical (unpaired) electrons. The molecule has 1 aromatic heterocycles. The van der Waals surface area contributed by atoms with Crippen molar-refractivity contribution in [3.8, 4) is 0 Å². The molecule has 1 unspecified atom stereocenters. The van der Waals surface area contributed by atoms with Crippen molar-refractivity contribution < 1.29 is 4.79 Å². The number of fused-ring (bicyclic) bond motifs is 1. The van der Waals surface area contributed by atoms with E-state index in [2.05, 4.69) is 21.2 Å². The van der Waals surface area contributed by atoms with E-state index < -0.39 is 0 Å². The van der Waals surface area contributed by atoms with Gasteiger partial charge in [-0.25, -0.2) is 4.98 Å². The summed E-state index contributed by atoms with van der Waals surface area (Å²) in [5.74, 6) is 0.977. The Morgan fingerprint density at radius 1 is 1.45 bits per heavy atom. The molecule has 1 aliphatic heterocycles. The number of anilines is 1. The Morgan fingerprint density at radius 2 is 2.27 bits per heavy atom. The Kier molecular flexibility index (Phi) is 4.47. The molecule has 5 nitrogen and oxygen atoms in total. The van der Waals surface area contributed by atoms with Crippen LogP contribution in [-0.2, 0) is 17.6 Å². The van der Waals surface area contributed by atoms with Crippen molar-refractivity contribution in [3.63, 3.8) is 0 Å². The lowest BCUT2D eigenvalue weighted by molar-refractivity contribution is -0.117. The highest BCUT2D eigenvalue weighted by molar-refractivity contribution is 8.00. The predicted molar refractivity (Wildman–Crippen MR) is 88.2 cm³/mol. The average Bonchev–Trinajstić information content (AvgIpc) is 3.01. The number of carbonyl (C=O) groups excluding carboxylic acids is 1. The lowest BCUT2D eigenvalue weighted by Gasteiger charge is -2.31. The van der Waals surface area contributed by atoms with E-state index in [9.17, 15) is 4.79 Å². The first kappa shape index (κ1) is 15.1. The van der Waals surface area contributed by atoms with Gasteiger partial charge in [-0.05, 0) is 31.4 Å². The summed E-state index contributed by atoms with van der Waals surface area (Å²) in [4.78, 5) is 19.1. The van der Waals surface area contributed by atoms with Crippen molar-refractivity contribution >= 4 is 23.4 Å². The zero-order chi connectivity index (χ0) is 15.5. The summed E-state index contributed by atoms with van der Waals surface area (Å²) < 4.78 is 0. The van der Waals surface area contributed by atoms with E-state index in [0.717, 1.165) is 37.3 Å². The fourth-order valence-corrected chi connectivity index (χ4v) is 3.48. The molecular weight excluding hydrogens is 296 g/mol. The number of hydrogen-bond donors (Lipinski definition) is 1. The smallest absolute Gasteiger partial charge is 0.240 e. The fraction of sp³-hybridized carbons (Fsp3) is 0.438. The molecule has 2 aromatic rings. The molecule has 6 heteroatoms. The predicted octanol–water partition coefficient (Wildman–Crippen LogP) is 2.83. The minimum absolute atomic E-state index is 0.125. The average molecular weight is 316 g/mol. The first-order valence-electron chi connectivity index (χ1n) is 7.66. The number of rotatable bonds is 4. The Labute approximate surface area is 134 Å². The Bertz CT molecular complexity index is 670. The molecule has 1 N–H and O–H groups in total. The van der Waals surface area contributed by atoms with Gasteiger partial charge >= 0.3 is 0 Å². The number of nitrogens with zero attached hydrogens (tertiary/aromatic N) is 3. The van der Waals surface area contributed by atoms with E-state index in [-0.39, 0.29) is 11.2 Å². The number of H-pyrrole nitrogens is 1. The Hall–Kier alpha value is -1.82. The van der Waals surface area contributed by atoms with Gasteiger partial charge in [0.1, 0.15) is 5.82 Å². The summed E-state index contributed by atoms with van der Waals surface area (Å²) in [6, 6.07) is 8.16. The van der Waals surface area contributed by atoms with Gasteiger partial charge < -0.3 is 4.90 Å². The zero-order valence-electron chi connectivity index (χ0n) is 12.9. The van der Waals surface area contributed by atoms with Crippen LogP contribution in [0.25, 0.3) is 0 Å².